The number of benzene rings is 3. The van der Waals surface area contributed by atoms with Crippen molar-refractivity contribution in [2.24, 2.45) is 0 Å². The van der Waals surface area contributed by atoms with E-state index in [0.717, 1.165) is 23.3 Å². The fourth-order valence-electron chi connectivity index (χ4n) is 3.66. The third-order valence-electron chi connectivity index (χ3n) is 5.50. The van der Waals surface area contributed by atoms with Crippen LogP contribution in [0.2, 0.25) is 0 Å². The van der Waals surface area contributed by atoms with E-state index >= 15 is 0 Å². The minimum absolute atomic E-state index is 0.0614. The number of anilines is 2. The smallest absolute Gasteiger partial charge is 0.416 e. The molecule has 0 aliphatic carbocycles. The second-order valence-corrected chi connectivity index (χ2v) is 8.09. The lowest BCUT2D eigenvalue weighted by Gasteiger charge is -2.10. The average Bonchev–Trinajstić information content (AvgIpc) is 3.18. The van der Waals surface area contributed by atoms with Gasteiger partial charge in [0.15, 0.2) is 5.82 Å². The normalized spacial score (nSPS) is 11.2. The number of aryl methyl sites for hydroxylation is 1. The summed E-state index contributed by atoms with van der Waals surface area (Å²) in [4.78, 5) is 12.7. The summed E-state index contributed by atoms with van der Waals surface area (Å²) >= 11 is 0. The summed E-state index contributed by atoms with van der Waals surface area (Å²) in [6.45, 7) is 2.25. The highest BCUT2D eigenvalue weighted by Crippen LogP contribution is 2.36. The molecule has 2 amide bonds. The Bertz CT molecular complexity index is 1360. The zero-order valence-corrected chi connectivity index (χ0v) is 19.6. The molecule has 0 saturated carbocycles. The molecule has 0 saturated heterocycles. The number of carbonyl (C=O) groups excluding carboxylic acids is 1. The first-order valence-corrected chi connectivity index (χ1v) is 11.0. The Morgan fingerprint density at radius 2 is 1.75 bits per heavy atom. The molecule has 0 unspecified atom stereocenters. The monoisotopic (exact) mass is 495 g/mol. The second kappa shape index (κ2) is 10.0. The topological polar surface area (TPSA) is 94.2 Å². The van der Waals surface area contributed by atoms with Gasteiger partial charge in [-0.05, 0) is 61.0 Å². The Morgan fingerprint density at radius 3 is 2.36 bits per heavy atom. The third kappa shape index (κ3) is 5.43. The van der Waals surface area contributed by atoms with Crippen molar-refractivity contribution in [3.05, 3.63) is 89.5 Å². The fraction of sp³-hybridized carbons (Fsp3) is 0.154. The summed E-state index contributed by atoms with van der Waals surface area (Å²) in [5.74, 6) is 0.686. The molecule has 36 heavy (non-hydrogen) atoms. The first-order valence-electron chi connectivity index (χ1n) is 11.0. The van der Waals surface area contributed by atoms with Crippen LogP contribution in [0, 0.1) is 6.92 Å². The van der Waals surface area contributed by atoms with Gasteiger partial charge in [0.1, 0.15) is 17.1 Å². The molecule has 0 spiro atoms. The van der Waals surface area contributed by atoms with Gasteiger partial charge in [-0.1, -0.05) is 29.8 Å². The Balaban J connectivity index is 1.66. The van der Waals surface area contributed by atoms with Crippen molar-refractivity contribution >= 4 is 17.5 Å². The van der Waals surface area contributed by atoms with E-state index in [4.69, 9.17) is 10.5 Å². The van der Waals surface area contributed by atoms with Gasteiger partial charge in [0.25, 0.3) is 0 Å². The van der Waals surface area contributed by atoms with Crippen LogP contribution in [0.1, 0.15) is 16.7 Å². The van der Waals surface area contributed by atoms with Gasteiger partial charge in [0, 0.05) is 12.1 Å². The average molecular weight is 496 g/mol. The van der Waals surface area contributed by atoms with Crippen LogP contribution in [0.25, 0.3) is 16.9 Å². The molecular formula is C26H24F3N5O2. The zero-order chi connectivity index (χ0) is 25.9. The van der Waals surface area contributed by atoms with Gasteiger partial charge in [-0.25, -0.2) is 9.48 Å². The highest BCUT2D eigenvalue weighted by molar-refractivity contribution is 5.97. The van der Waals surface area contributed by atoms with E-state index in [1.165, 1.54) is 23.9 Å². The lowest BCUT2D eigenvalue weighted by Crippen LogP contribution is -2.28. The molecule has 4 rings (SSSR count). The van der Waals surface area contributed by atoms with Crippen molar-refractivity contribution in [1.82, 2.24) is 15.1 Å². The van der Waals surface area contributed by atoms with Crippen molar-refractivity contribution in [3.8, 4) is 22.7 Å². The van der Waals surface area contributed by atoms with Crippen molar-refractivity contribution in [1.29, 1.82) is 0 Å². The van der Waals surface area contributed by atoms with Gasteiger partial charge in [0.2, 0.25) is 0 Å². The lowest BCUT2D eigenvalue weighted by molar-refractivity contribution is -0.137. The van der Waals surface area contributed by atoms with E-state index < -0.39 is 17.8 Å². The molecule has 7 nitrogen and oxygen atoms in total. The largest absolute Gasteiger partial charge is 0.497 e. The van der Waals surface area contributed by atoms with Crippen LogP contribution in [0.3, 0.4) is 0 Å². The summed E-state index contributed by atoms with van der Waals surface area (Å²) in [5.41, 5.74) is 9.05. The molecule has 4 aromatic rings. The second-order valence-electron chi connectivity index (χ2n) is 8.09. The molecule has 0 fully saturated rings. The first kappa shape index (κ1) is 24.6. The van der Waals surface area contributed by atoms with Crippen LogP contribution in [0.5, 0.6) is 5.75 Å². The number of methoxy groups -OCH3 is 1. The molecule has 0 aliphatic rings. The maximum absolute atomic E-state index is 13.0. The molecule has 0 radical (unpaired) electrons. The van der Waals surface area contributed by atoms with E-state index in [2.05, 4.69) is 15.7 Å². The van der Waals surface area contributed by atoms with Crippen LogP contribution in [-0.4, -0.2) is 22.9 Å². The summed E-state index contributed by atoms with van der Waals surface area (Å²) in [6.07, 6.45) is -4.47. The zero-order valence-electron chi connectivity index (χ0n) is 19.6. The van der Waals surface area contributed by atoms with Gasteiger partial charge in [-0.15, -0.1) is 0 Å². The molecular weight excluding hydrogens is 471 g/mol. The number of urea groups is 1. The van der Waals surface area contributed by atoms with Gasteiger partial charge in [-0.2, -0.15) is 18.3 Å². The standard InChI is InChI=1S/C26H24F3N5O2/c1-16-4-3-5-17(14-16)15-31-25(35)32-23-22(18-6-12-21(36-2)13-7-18)33-34(24(23)30)20-10-8-19(9-11-20)26(27,28)29/h3-14H,15,30H2,1-2H3,(H2,31,32,35). The van der Waals surface area contributed by atoms with Crippen LogP contribution in [0.15, 0.2) is 72.8 Å². The molecule has 0 atom stereocenters. The highest BCUT2D eigenvalue weighted by Gasteiger charge is 2.30. The maximum atomic E-state index is 13.0. The van der Waals surface area contributed by atoms with Crippen molar-refractivity contribution in [3.63, 3.8) is 0 Å². The number of ether oxygens (including phenoxy) is 1. The van der Waals surface area contributed by atoms with Crippen molar-refractivity contribution < 1.29 is 22.7 Å². The predicted octanol–water partition coefficient (Wildman–Crippen LogP) is 5.78. The summed E-state index contributed by atoms with van der Waals surface area (Å²) < 4.78 is 45.5. The number of aromatic nitrogens is 2. The van der Waals surface area contributed by atoms with Crippen LogP contribution in [0.4, 0.5) is 29.5 Å². The van der Waals surface area contributed by atoms with Crippen molar-refractivity contribution in [2.45, 2.75) is 19.6 Å². The van der Waals surface area contributed by atoms with E-state index in [1.807, 2.05) is 31.2 Å². The molecule has 10 heteroatoms. The van der Waals surface area contributed by atoms with Crippen molar-refractivity contribution in [2.75, 3.05) is 18.2 Å². The number of nitrogens with two attached hydrogens (primary N) is 1. The Labute approximate surface area is 205 Å². The number of halogens is 3. The van der Waals surface area contributed by atoms with E-state index in [0.29, 0.717) is 29.2 Å². The molecule has 3 aromatic carbocycles. The van der Waals surface area contributed by atoms with Gasteiger partial charge in [0.05, 0.1) is 18.4 Å². The lowest BCUT2D eigenvalue weighted by atomic mass is 10.1. The summed E-state index contributed by atoms with van der Waals surface area (Å²) in [7, 11) is 1.54. The molecule has 1 aromatic heterocycles. The number of nitrogens with zero attached hydrogens (tertiary/aromatic N) is 2. The van der Waals surface area contributed by atoms with Gasteiger partial charge >= 0.3 is 12.2 Å². The van der Waals surface area contributed by atoms with Gasteiger partial charge < -0.3 is 21.1 Å². The quantitative estimate of drug-likeness (QED) is 0.316. The Morgan fingerprint density at radius 1 is 1.06 bits per heavy atom. The van der Waals surface area contributed by atoms with Crippen LogP contribution < -0.4 is 21.1 Å². The number of carbonyl (C=O) groups is 1. The van der Waals surface area contributed by atoms with Crippen LogP contribution >= 0.6 is 0 Å². The molecule has 0 aliphatic heterocycles. The molecule has 4 N–H and O–H groups in total. The predicted molar refractivity (Wildman–Crippen MR) is 132 cm³/mol. The number of nitrogens with one attached hydrogen (secondary N) is 2. The first-order chi connectivity index (χ1) is 17.2. The summed E-state index contributed by atoms with van der Waals surface area (Å²) in [6, 6.07) is 18.6. The number of amides is 2. The van der Waals surface area contributed by atoms with E-state index in [1.54, 1.807) is 24.3 Å². The third-order valence-corrected chi connectivity index (χ3v) is 5.50. The maximum Gasteiger partial charge on any atom is 0.416 e. The molecule has 0 bridgehead atoms. The fourth-order valence-corrected chi connectivity index (χ4v) is 3.66. The number of rotatable bonds is 6. The van der Waals surface area contributed by atoms with E-state index in [9.17, 15) is 18.0 Å². The SMILES string of the molecule is COc1ccc(-c2nn(-c3ccc(C(F)(F)F)cc3)c(N)c2NC(=O)NCc2cccc(C)c2)cc1. The Hall–Kier alpha value is -4.47. The van der Waals surface area contributed by atoms with E-state index in [-0.39, 0.29) is 11.5 Å². The minimum Gasteiger partial charge on any atom is -0.497 e. The summed E-state index contributed by atoms with van der Waals surface area (Å²) in [5, 5.41) is 10.0. The number of alkyl halides is 3. The molecule has 186 valence electrons. The molecule has 1 heterocycles. The highest BCUT2D eigenvalue weighted by atomic mass is 19.4. The number of hydrogen-bond acceptors (Lipinski definition) is 4. The minimum atomic E-state index is -4.47. The number of hydrogen-bond donors (Lipinski definition) is 3. The van der Waals surface area contributed by atoms with Gasteiger partial charge in [-0.3, -0.25) is 0 Å². The number of nitrogen functional groups attached to an aromatic ring is 1. The Kier molecular flexibility index (Phi) is 6.86. The van der Waals surface area contributed by atoms with Crippen LogP contribution in [-0.2, 0) is 12.7 Å².